The summed E-state index contributed by atoms with van der Waals surface area (Å²) in [7, 11) is 2.95. The number of rotatable bonds is 7. The van der Waals surface area contributed by atoms with Crippen LogP contribution in [-0.2, 0) is 27.7 Å². The van der Waals surface area contributed by atoms with E-state index >= 15 is 0 Å². The molecule has 0 fully saturated rings. The Labute approximate surface area is 216 Å². The maximum Gasteiger partial charge on any atom is 0.341 e. The summed E-state index contributed by atoms with van der Waals surface area (Å²) in [4.78, 5) is 26.8. The normalized spacial score (nSPS) is 14.1. The predicted molar refractivity (Wildman–Crippen MR) is 141 cm³/mol. The van der Waals surface area contributed by atoms with Crippen LogP contribution < -0.4 is 15.0 Å². The Morgan fingerprint density at radius 3 is 2.62 bits per heavy atom. The van der Waals surface area contributed by atoms with Gasteiger partial charge in [0.1, 0.15) is 18.1 Å². The number of methoxy groups -OCH3 is 1. The zero-order valence-corrected chi connectivity index (χ0v) is 22.3. The second-order valence-corrected chi connectivity index (χ2v) is 10.2. The van der Waals surface area contributed by atoms with E-state index in [0.29, 0.717) is 28.8 Å². The zero-order chi connectivity index (χ0) is 26.9. The number of carbonyl (C=O) groups excluding carboxylic acids is 1. The Morgan fingerprint density at radius 2 is 1.95 bits per heavy atom. The van der Waals surface area contributed by atoms with Crippen molar-refractivity contribution in [2.24, 2.45) is 7.05 Å². The van der Waals surface area contributed by atoms with Crippen LogP contribution in [0.3, 0.4) is 0 Å². The highest BCUT2D eigenvalue weighted by atomic mass is 16.6. The van der Waals surface area contributed by atoms with E-state index in [9.17, 15) is 9.59 Å². The first-order valence-corrected chi connectivity index (χ1v) is 12.5. The summed E-state index contributed by atoms with van der Waals surface area (Å²) in [5.74, 6) is 0.745. The highest BCUT2D eigenvalue weighted by Gasteiger charge is 2.34. The molecule has 2 aromatic carbocycles. The van der Waals surface area contributed by atoms with Gasteiger partial charge in [-0.25, -0.2) is 4.79 Å². The maximum atomic E-state index is 13.7. The van der Waals surface area contributed by atoms with Gasteiger partial charge >= 0.3 is 5.97 Å². The molecule has 1 N–H and O–H groups in total. The smallest absolute Gasteiger partial charge is 0.341 e. The average molecular weight is 510 g/mol. The fraction of sp³-hybridized carbons (Fsp3) is 0.448. The number of nitrogens with zero attached hydrogens (tertiary/aromatic N) is 1. The van der Waals surface area contributed by atoms with Crippen LogP contribution in [0.5, 0.6) is 11.5 Å². The van der Waals surface area contributed by atoms with E-state index in [0.717, 1.165) is 40.8 Å². The molecule has 0 saturated carbocycles. The standard InChI is InChI=1S/C29H35NO7/c1-17-19-8-7-14-36-23(19)12-11-20(17)24-21-10-9-18(35-15-13-31)16-22(21)27(32)30(5)25(24)26(28(33)34-6)37-29(2,3)4/h9-12,16,26,31H,7-8,13-15H2,1-6H3. The number of pyridine rings is 1. The highest BCUT2D eigenvalue weighted by molar-refractivity contribution is 6.00. The summed E-state index contributed by atoms with van der Waals surface area (Å²) >= 11 is 0. The van der Waals surface area contributed by atoms with Crippen LogP contribution >= 0.6 is 0 Å². The van der Waals surface area contributed by atoms with Crippen LogP contribution in [0.25, 0.3) is 21.9 Å². The van der Waals surface area contributed by atoms with Gasteiger partial charge in [0, 0.05) is 12.6 Å². The number of benzene rings is 2. The molecular formula is C29H35NO7. The lowest BCUT2D eigenvalue weighted by Gasteiger charge is -2.30. The fourth-order valence-electron chi connectivity index (χ4n) is 4.91. The molecule has 198 valence electrons. The topological polar surface area (TPSA) is 96.2 Å². The van der Waals surface area contributed by atoms with Gasteiger partial charge in [0.15, 0.2) is 6.10 Å². The van der Waals surface area contributed by atoms with Crippen molar-refractivity contribution >= 4 is 16.7 Å². The Balaban J connectivity index is 2.10. The Morgan fingerprint density at radius 1 is 1.19 bits per heavy atom. The number of aliphatic hydroxyl groups is 1. The third-order valence-corrected chi connectivity index (χ3v) is 6.56. The van der Waals surface area contributed by atoms with Crippen molar-refractivity contribution in [1.82, 2.24) is 4.57 Å². The number of fused-ring (bicyclic) bond motifs is 2. The monoisotopic (exact) mass is 509 g/mol. The lowest BCUT2D eigenvalue weighted by molar-refractivity contribution is -0.165. The zero-order valence-electron chi connectivity index (χ0n) is 22.3. The third-order valence-electron chi connectivity index (χ3n) is 6.56. The molecule has 0 spiro atoms. The number of ether oxygens (including phenoxy) is 4. The maximum absolute atomic E-state index is 13.7. The SMILES string of the molecule is COC(=O)C(OC(C)(C)C)c1c(-c2ccc3c(c2C)CCCO3)c2ccc(OCCO)cc2c(=O)n1C. The van der Waals surface area contributed by atoms with Crippen LogP contribution in [0.2, 0.25) is 0 Å². The van der Waals surface area contributed by atoms with Crippen molar-refractivity contribution < 1.29 is 28.8 Å². The summed E-state index contributed by atoms with van der Waals surface area (Å²) in [5, 5.41) is 10.3. The van der Waals surface area contributed by atoms with E-state index < -0.39 is 17.7 Å². The van der Waals surface area contributed by atoms with E-state index in [-0.39, 0.29) is 18.8 Å². The first-order chi connectivity index (χ1) is 17.6. The molecule has 2 heterocycles. The molecule has 1 aromatic heterocycles. The molecule has 8 heteroatoms. The summed E-state index contributed by atoms with van der Waals surface area (Å²) in [6.07, 6.45) is 0.660. The molecule has 0 bridgehead atoms. The molecule has 3 aromatic rings. The van der Waals surface area contributed by atoms with E-state index in [1.54, 1.807) is 19.2 Å². The van der Waals surface area contributed by atoms with Gasteiger partial charge in [-0.2, -0.15) is 0 Å². The van der Waals surface area contributed by atoms with Gasteiger partial charge in [0.05, 0.1) is 37.0 Å². The summed E-state index contributed by atoms with van der Waals surface area (Å²) in [6, 6.07) is 9.19. The summed E-state index contributed by atoms with van der Waals surface area (Å²) < 4.78 is 24.3. The second kappa shape index (κ2) is 10.6. The van der Waals surface area contributed by atoms with Gasteiger partial charge in [0.2, 0.25) is 0 Å². The van der Waals surface area contributed by atoms with Gasteiger partial charge in [0.25, 0.3) is 5.56 Å². The molecule has 1 aliphatic rings. The molecule has 1 aliphatic heterocycles. The van der Waals surface area contributed by atoms with E-state index in [1.165, 1.54) is 11.7 Å². The molecule has 0 radical (unpaired) electrons. The third kappa shape index (κ3) is 5.22. The molecule has 4 rings (SSSR count). The minimum absolute atomic E-state index is 0.116. The van der Waals surface area contributed by atoms with Gasteiger partial charge in [-0.05, 0) is 86.9 Å². The number of aromatic nitrogens is 1. The van der Waals surface area contributed by atoms with Gasteiger partial charge in [-0.15, -0.1) is 0 Å². The van der Waals surface area contributed by atoms with Crippen molar-refractivity contribution in [3.05, 3.63) is 57.5 Å². The van der Waals surface area contributed by atoms with Crippen molar-refractivity contribution in [3.8, 4) is 22.6 Å². The molecule has 0 aliphatic carbocycles. The van der Waals surface area contributed by atoms with Crippen LogP contribution in [0, 0.1) is 6.92 Å². The van der Waals surface area contributed by atoms with Crippen molar-refractivity contribution in [1.29, 1.82) is 0 Å². The highest BCUT2D eigenvalue weighted by Crippen LogP contribution is 2.42. The van der Waals surface area contributed by atoms with E-state index in [2.05, 4.69) is 0 Å². The lowest BCUT2D eigenvalue weighted by Crippen LogP contribution is -2.33. The van der Waals surface area contributed by atoms with Gasteiger partial charge < -0.3 is 28.6 Å². The van der Waals surface area contributed by atoms with Crippen molar-refractivity contribution in [3.63, 3.8) is 0 Å². The Hall–Kier alpha value is -3.36. The molecular weight excluding hydrogens is 474 g/mol. The molecule has 37 heavy (non-hydrogen) atoms. The first kappa shape index (κ1) is 26.7. The second-order valence-electron chi connectivity index (χ2n) is 10.2. The first-order valence-electron chi connectivity index (χ1n) is 12.5. The molecule has 8 nitrogen and oxygen atoms in total. The van der Waals surface area contributed by atoms with Crippen molar-refractivity contribution in [2.75, 3.05) is 26.9 Å². The molecule has 1 atom stereocenters. The summed E-state index contributed by atoms with van der Waals surface area (Å²) in [6.45, 7) is 8.27. The minimum Gasteiger partial charge on any atom is -0.493 e. The number of esters is 1. The summed E-state index contributed by atoms with van der Waals surface area (Å²) in [5.41, 5.74) is 3.18. The number of aliphatic hydroxyl groups excluding tert-OH is 1. The largest absolute Gasteiger partial charge is 0.493 e. The lowest BCUT2D eigenvalue weighted by atomic mass is 9.88. The molecule has 0 amide bonds. The number of hydrogen-bond donors (Lipinski definition) is 1. The quantitative estimate of drug-likeness (QED) is 0.476. The van der Waals surface area contributed by atoms with Crippen LogP contribution in [0.15, 0.2) is 35.1 Å². The fourth-order valence-corrected chi connectivity index (χ4v) is 4.91. The van der Waals surface area contributed by atoms with Crippen LogP contribution in [-0.4, -0.2) is 48.2 Å². The minimum atomic E-state index is -1.14. The van der Waals surface area contributed by atoms with Gasteiger partial charge in [-0.3, -0.25) is 4.79 Å². The van der Waals surface area contributed by atoms with E-state index in [1.807, 2.05) is 45.9 Å². The molecule has 1 unspecified atom stereocenters. The predicted octanol–water partition coefficient (Wildman–Crippen LogP) is 4.24. The number of hydrogen-bond acceptors (Lipinski definition) is 7. The number of carbonyl (C=O) groups is 1. The van der Waals surface area contributed by atoms with E-state index in [4.69, 9.17) is 24.1 Å². The molecule has 0 saturated heterocycles. The van der Waals surface area contributed by atoms with Crippen LogP contribution in [0.4, 0.5) is 0 Å². The van der Waals surface area contributed by atoms with Crippen molar-refractivity contribution in [2.45, 2.75) is 52.2 Å². The Bertz CT molecular complexity index is 1380. The van der Waals surface area contributed by atoms with Gasteiger partial charge in [-0.1, -0.05) is 6.07 Å². The Kier molecular flexibility index (Phi) is 7.62. The van der Waals surface area contributed by atoms with Crippen LogP contribution in [0.1, 0.15) is 50.1 Å². The average Bonchev–Trinajstić information content (AvgIpc) is 2.88.